The van der Waals surface area contributed by atoms with E-state index in [1.54, 1.807) is 25.4 Å². The molecule has 0 saturated carbocycles. The average Bonchev–Trinajstić information content (AvgIpc) is 2.29. The number of hydrogen-bond acceptors (Lipinski definition) is 4. The molecule has 1 aromatic rings. The highest BCUT2D eigenvalue weighted by Crippen LogP contribution is 2.05. The molecule has 0 bridgehead atoms. The summed E-state index contributed by atoms with van der Waals surface area (Å²) in [5.41, 5.74) is 0.736. The zero-order chi connectivity index (χ0) is 11.1. The molecule has 0 N–H and O–H groups in total. The minimum atomic E-state index is -0.344. The summed E-state index contributed by atoms with van der Waals surface area (Å²) in [4.78, 5) is 14.7. The Kier molecular flexibility index (Phi) is 4.17. The maximum absolute atomic E-state index is 10.7. The van der Waals surface area contributed by atoms with Crippen molar-refractivity contribution in [1.29, 1.82) is 0 Å². The van der Waals surface area contributed by atoms with Crippen molar-refractivity contribution in [2.24, 2.45) is 0 Å². The van der Waals surface area contributed by atoms with Gasteiger partial charge in [0.1, 0.15) is 6.42 Å². The molecule has 0 aromatic carbocycles. The SMILES string of the molecule is COC(=O)CC#Cc1ccc(OC)nc1. The second kappa shape index (κ2) is 5.66. The van der Waals surface area contributed by atoms with Gasteiger partial charge in [-0.2, -0.15) is 0 Å². The first-order chi connectivity index (χ1) is 7.26. The third kappa shape index (κ3) is 3.69. The van der Waals surface area contributed by atoms with E-state index in [0.29, 0.717) is 5.88 Å². The van der Waals surface area contributed by atoms with Crippen molar-refractivity contribution >= 4 is 5.97 Å². The molecule has 1 heterocycles. The number of methoxy groups -OCH3 is 2. The zero-order valence-electron chi connectivity index (χ0n) is 8.61. The monoisotopic (exact) mass is 205 g/mol. The third-order valence-electron chi connectivity index (χ3n) is 1.64. The topological polar surface area (TPSA) is 48.4 Å². The molecule has 0 spiro atoms. The van der Waals surface area contributed by atoms with E-state index in [1.807, 2.05) is 0 Å². The van der Waals surface area contributed by atoms with E-state index < -0.39 is 0 Å². The van der Waals surface area contributed by atoms with Crippen LogP contribution in [0.15, 0.2) is 18.3 Å². The molecular weight excluding hydrogens is 194 g/mol. The minimum Gasteiger partial charge on any atom is -0.481 e. The average molecular weight is 205 g/mol. The number of hydrogen-bond donors (Lipinski definition) is 0. The van der Waals surface area contributed by atoms with Gasteiger partial charge in [-0.05, 0) is 6.07 Å². The van der Waals surface area contributed by atoms with E-state index in [4.69, 9.17) is 4.74 Å². The number of carbonyl (C=O) groups excluding carboxylic acids is 1. The normalized spacial score (nSPS) is 8.67. The number of esters is 1. The summed E-state index contributed by atoms with van der Waals surface area (Å²) < 4.78 is 9.34. The predicted molar refractivity (Wildman–Crippen MR) is 54.3 cm³/mol. The fourth-order valence-electron chi connectivity index (χ4n) is 0.866. The summed E-state index contributed by atoms with van der Waals surface area (Å²) >= 11 is 0. The van der Waals surface area contributed by atoms with Gasteiger partial charge in [0.15, 0.2) is 0 Å². The lowest BCUT2D eigenvalue weighted by Gasteiger charge is -1.96. The van der Waals surface area contributed by atoms with Crippen LogP contribution in [0, 0.1) is 11.8 Å². The van der Waals surface area contributed by atoms with Crippen LogP contribution in [0.2, 0.25) is 0 Å². The highest BCUT2D eigenvalue weighted by molar-refractivity contribution is 5.72. The Morgan fingerprint density at radius 3 is 2.80 bits per heavy atom. The van der Waals surface area contributed by atoms with Gasteiger partial charge in [0.05, 0.1) is 14.2 Å². The lowest BCUT2D eigenvalue weighted by Crippen LogP contribution is -1.97. The largest absolute Gasteiger partial charge is 0.481 e. The molecule has 0 amide bonds. The molecule has 0 fully saturated rings. The van der Waals surface area contributed by atoms with Crippen LogP contribution >= 0.6 is 0 Å². The fraction of sp³-hybridized carbons (Fsp3) is 0.273. The van der Waals surface area contributed by atoms with E-state index in [2.05, 4.69) is 21.6 Å². The van der Waals surface area contributed by atoms with Crippen LogP contribution in [0.1, 0.15) is 12.0 Å². The van der Waals surface area contributed by atoms with E-state index in [0.717, 1.165) is 5.56 Å². The molecule has 4 nitrogen and oxygen atoms in total. The molecule has 1 rings (SSSR count). The van der Waals surface area contributed by atoms with Crippen LogP contribution in [-0.4, -0.2) is 25.2 Å². The number of ether oxygens (including phenoxy) is 2. The van der Waals surface area contributed by atoms with Gasteiger partial charge in [-0.3, -0.25) is 4.79 Å². The summed E-state index contributed by atoms with van der Waals surface area (Å²) in [6, 6.07) is 3.48. The third-order valence-corrected chi connectivity index (χ3v) is 1.64. The Balaban J connectivity index is 2.60. The van der Waals surface area contributed by atoms with Crippen LogP contribution in [0.5, 0.6) is 5.88 Å². The molecule has 0 radical (unpaired) electrons. The molecule has 0 aliphatic heterocycles. The minimum absolute atomic E-state index is 0.0858. The van der Waals surface area contributed by atoms with E-state index in [-0.39, 0.29) is 12.4 Å². The Bertz CT molecular complexity index is 387. The molecule has 0 aliphatic carbocycles. The Labute approximate surface area is 88.2 Å². The van der Waals surface area contributed by atoms with Crippen molar-refractivity contribution < 1.29 is 14.3 Å². The van der Waals surface area contributed by atoms with Gasteiger partial charge < -0.3 is 9.47 Å². The van der Waals surface area contributed by atoms with Gasteiger partial charge in [-0.15, -0.1) is 0 Å². The lowest BCUT2D eigenvalue weighted by atomic mass is 10.3. The fourth-order valence-corrected chi connectivity index (χ4v) is 0.866. The summed E-state index contributed by atoms with van der Waals surface area (Å²) in [5, 5.41) is 0. The van der Waals surface area contributed by atoms with Crippen molar-refractivity contribution in [2.75, 3.05) is 14.2 Å². The number of carbonyl (C=O) groups is 1. The van der Waals surface area contributed by atoms with Gasteiger partial charge in [-0.25, -0.2) is 4.98 Å². The Morgan fingerprint density at radius 2 is 2.27 bits per heavy atom. The number of rotatable bonds is 2. The number of aromatic nitrogens is 1. The van der Waals surface area contributed by atoms with Gasteiger partial charge in [0.2, 0.25) is 5.88 Å². The first-order valence-corrected chi connectivity index (χ1v) is 4.32. The summed E-state index contributed by atoms with van der Waals surface area (Å²) in [7, 11) is 2.88. The molecule has 0 saturated heterocycles. The maximum Gasteiger partial charge on any atom is 0.317 e. The first-order valence-electron chi connectivity index (χ1n) is 4.32. The van der Waals surface area contributed by atoms with Crippen LogP contribution in [0.3, 0.4) is 0 Å². The van der Waals surface area contributed by atoms with Crippen molar-refractivity contribution in [3.63, 3.8) is 0 Å². The highest BCUT2D eigenvalue weighted by Gasteiger charge is 1.94. The van der Waals surface area contributed by atoms with Crippen molar-refractivity contribution in [3.8, 4) is 17.7 Å². The predicted octanol–water partition coefficient (Wildman–Crippen LogP) is 1.00. The van der Waals surface area contributed by atoms with Gasteiger partial charge in [0.25, 0.3) is 0 Å². The second-order valence-electron chi connectivity index (χ2n) is 2.64. The first kappa shape index (κ1) is 11.1. The van der Waals surface area contributed by atoms with Gasteiger partial charge in [-0.1, -0.05) is 11.8 Å². The lowest BCUT2D eigenvalue weighted by molar-refractivity contribution is -0.139. The van der Waals surface area contributed by atoms with Crippen molar-refractivity contribution in [3.05, 3.63) is 23.9 Å². The maximum atomic E-state index is 10.7. The van der Waals surface area contributed by atoms with E-state index >= 15 is 0 Å². The van der Waals surface area contributed by atoms with Crippen LogP contribution in [0.4, 0.5) is 0 Å². The molecule has 1 aromatic heterocycles. The van der Waals surface area contributed by atoms with E-state index in [9.17, 15) is 4.79 Å². The van der Waals surface area contributed by atoms with E-state index in [1.165, 1.54) is 7.11 Å². The van der Waals surface area contributed by atoms with Gasteiger partial charge >= 0.3 is 5.97 Å². The molecule has 15 heavy (non-hydrogen) atoms. The highest BCUT2D eigenvalue weighted by atomic mass is 16.5. The molecule has 0 unspecified atom stereocenters. The summed E-state index contributed by atoms with van der Waals surface area (Å²) in [6.45, 7) is 0. The molecule has 0 atom stereocenters. The molecular formula is C11H11NO3. The summed E-state index contributed by atoms with van der Waals surface area (Å²) in [6.07, 6.45) is 1.67. The second-order valence-corrected chi connectivity index (χ2v) is 2.64. The van der Waals surface area contributed by atoms with Crippen LogP contribution in [-0.2, 0) is 9.53 Å². The molecule has 0 aliphatic rings. The van der Waals surface area contributed by atoms with Crippen LogP contribution in [0.25, 0.3) is 0 Å². The standard InChI is InChI=1S/C11H11NO3/c1-14-10-7-6-9(8-12-10)4-3-5-11(13)15-2/h6-8H,5H2,1-2H3. The summed E-state index contributed by atoms with van der Waals surface area (Å²) in [5.74, 6) is 5.67. The Hall–Kier alpha value is -2.02. The molecule has 78 valence electrons. The van der Waals surface area contributed by atoms with Gasteiger partial charge in [0, 0.05) is 17.8 Å². The Morgan fingerprint density at radius 1 is 1.47 bits per heavy atom. The zero-order valence-corrected chi connectivity index (χ0v) is 8.61. The number of pyridine rings is 1. The number of nitrogens with zero attached hydrogens (tertiary/aromatic N) is 1. The molecule has 4 heteroatoms. The van der Waals surface area contributed by atoms with Crippen molar-refractivity contribution in [2.45, 2.75) is 6.42 Å². The smallest absolute Gasteiger partial charge is 0.317 e. The van der Waals surface area contributed by atoms with Crippen molar-refractivity contribution in [1.82, 2.24) is 4.98 Å². The quantitative estimate of drug-likeness (QED) is 0.534. The van der Waals surface area contributed by atoms with Crippen LogP contribution < -0.4 is 4.74 Å².